The van der Waals surface area contributed by atoms with Crippen LogP contribution in [0.1, 0.15) is 60.4 Å². The SMILES string of the molecule is Cc1cc(C2C(c3ccccn3)NC(=S)N2C2CCCC2)c(C)n1-c1ccc(Br)cc1. The lowest BCUT2D eigenvalue weighted by Gasteiger charge is -2.33. The molecule has 4 nitrogen and oxygen atoms in total. The topological polar surface area (TPSA) is 33.1 Å². The van der Waals surface area contributed by atoms with Gasteiger partial charge in [0.2, 0.25) is 0 Å². The van der Waals surface area contributed by atoms with Crippen molar-refractivity contribution in [3.63, 3.8) is 0 Å². The number of nitrogens with zero attached hydrogens (tertiary/aromatic N) is 3. The van der Waals surface area contributed by atoms with Crippen LogP contribution in [0.4, 0.5) is 0 Å². The zero-order valence-corrected chi connectivity index (χ0v) is 20.3. The summed E-state index contributed by atoms with van der Waals surface area (Å²) in [6.07, 6.45) is 6.85. The number of hydrogen-bond acceptors (Lipinski definition) is 2. The second-order valence-electron chi connectivity index (χ2n) is 8.61. The second-order valence-corrected chi connectivity index (χ2v) is 9.91. The molecule has 6 heteroatoms. The lowest BCUT2D eigenvalue weighted by atomic mass is 9.95. The molecule has 2 fully saturated rings. The number of nitrogens with one attached hydrogen (secondary N) is 1. The van der Waals surface area contributed by atoms with Gasteiger partial charge in [-0.2, -0.15) is 0 Å². The number of aromatic nitrogens is 2. The minimum absolute atomic E-state index is 0.0492. The van der Waals surface area contributed by atoms with Crippen LogP contribution in [-0.4, -0.2) is 25.6 Å². The maximum absolute atomic E-state index is 5.90. The van der Waals surface area contributed by atoms with Crippen molar-refractivity contribution in [2.75, 3.05) is 0 Å². The fourth-order valence-electron chi connectivity index (χ4n) is 5.35. The number of rotatable bonds is 4. The Bertz CT molecular complexity index is 1090. The van der Waals surface area contributed by atoms with E-state index in [4.69, 9.17) is 17.2 Å². The quantitative estimate of drug-likeness (QED) is 0.439. The first-order valence-electron chi connectivity index (χ1n) is 11.0. The molecule has 0 radical (unpaired) electrons. The van der Waals surface area contributed by atoms with E-state index in [0.717, 1.165) is 15.3 Å². The zero-order valence-electron chi connectivity index (χ0n) is 17.9. The van der Waals surface area contributed by atoms with Gasteiger partial charge in [-0.3, -0.25) is 4.98 Å². The van der Waals surface area contributed by atoms with Gasteiger partial charge < -0.3 is 14.8 Å². The summed E-state index contributed by atoms with van der Waals surface area (Å²) in [7, 11) is 0. The third kappa shape index (κ3) is 3.70. The van der Waals surface area contributed by atoms with Gasteiger partial charge in [0.15, 0.2) is 5.11 Å². The summed E-state index contributed by atoms with van der Waals surface area (Å²) in [5, 5.41) is 4.49. The molecule has 1 N–H and O–H groups in total. The van der Waals surface area contributed by atoms with E-state index in [0.29, 0.717) is 6.04 Å². The van der Waals surface area contributed by atoms with Crippen LogP contribution in [0.5, 0.6) is 0 Å². The van der Waals surface area contributed by atoms with Crippen LogP contribution in [0, 0.1) is 13.8 Å². The highest BCUT2D eigenvalue weighted by atomic mass is 79.9. The van der Waals surface area contributed by atoms with Crippen LogP contribution in [-0.2, 0) is 0 Å². The molecule has 2 unspecified atom stereocenters. The maximum atomic E-state index is 5.90. The van der Waals surface area contributed by atoms with Gasteiger partial charge in [-0.15, -0.1) is 0 Å². The largest absolute Gasteiger partial charge is 0.352 e. The molecule has 0 amide bonds. The predicted octanol–water partition coefficient (Wildman–Crippen LogP) is 6.17. The Morgan fingerprint density at radius 2 is 1.81 bits per heavy atom. The Kier molecular flexibility index (Phi) is 5.61. The van der Waals surface area contributed by atoms with Gasteiger partial charge in [0.05, 0.1) is 17.8 Å². The van der Waals surface area contributed by atoms with Gasteiger partial charge in [0, 0.05) is 33.8 Å². The van der Waals surface area contributed by atoms with Crippen LogP contribution in [0.2, 0.25) is 0 Å². The predicted molar refractivity (Wildman–Crippen MR) is 132 cm³/mol. The summed E-state index contributed by atoms with van der Waals surface area (Å²) < 4.78 is 3.44. The summed E-state index contributed by atoms with van der Waals surface area (Å²) in [4.78, 5) is 7.18. The van der Waals surface area contributed by atoms with E-state index in [9.17, 15) is 0 Å². The number of hydrogen-bond donors (Lipinski definition) is 1. The number of thiocarbonyl (C=S) groups is 1. The summed E-state index contributed by atoms with van der Waals surface area (Å²) in [5.41, 5.74) is 6.05. The van der Waals surface area contributed by atoms with E-state index in [1.54, 1.807) is 0 Å². The fourth-order valence-corrected chi connectivity index (χ4v) is 6.00. The Balaban J connectivity index is 1.63. The van der Waals surface area contributed by atoms with Crippen molar-refractivity contribution in [2.24, 2.45) is 0 Å². The van der Waals surface area contributed by atoms with Gasteiger partial charge in [0.1, 0.15) is 0 Å². The summed E-state index contributed by atoms with van der Waals surface area (Å²) >= 11 is 9.45. The molecule has 2 atom stereocenters. The minimum Gasteiger partial charge on any atom is -0.352 e. The molecule has 31 heavy (non-hydrogen) atoms. The van der Waals surface area contributed by atoms with Crippen LogP contribution >= 0.6 is 28.1 Å². The van der Waals surface area contributed by atoms with Gasteiger partial charge in [0.25, 0.3) is 0 Å². The zero-order chi connectivity index (χ0) is 21.5. The molecule has 1 aliphatic heterocycles. The van der Waals surface area contributed by atoms with Crippen LogP contribution in [0.25, 0.3) is 5.69 Å². The molecule has 1 saturated heterocycles. The van der Waals surface area contributed by atoms with Gasteiger partial charge >= 0.3 is 0 Å². The number of pyridine rings is 1. The van der Waals surface area contributed by atoms with E-state index in [1.165, 1.54) is 48.3 Å². The van der Waals surface area contributed by atoms with E-state index < -0.39 is 0 Å². The highest BCUT2D eigenvalue weighted by Gasteiger charge is 2.44. The van der Waals surface area contributed by atoms with Crippen molar-refractivity contribution < 1.29 is 0 Å². The third-order valence-corrected chi connectivity index (χ3v) is 7.58. The smallest absolute Gasteiger partial charge is 0.170 e. The molecule has 160 valence electrons. The Morgan fingerprint density at radius 3 is 2.48 bits per heavy atom. The Labute approximate surface area is 197 Å². The molecule has 2 aliphatic rings. The van der Waals surface area contributed by atoms with Gasteiger partial charge in [-0.05, 0) is 86.9 Å². The van der Waals surface area contributed by atoms with E-state index >= 15 is 0 Å². The van der Waals surface area contributed by atoms with E-state index in [-0.39, 0.29) is 12.1 Å². The van der Waals surface area contributed by atoms with Crippen molar-refractivity contribution in [1.29, 1.82) is 0 Å². The monoisotopic (exact) mass is 494 g/mol. The van der Waals surface area contributed by atoms with Gasteiger partial charge in [-0.1, -0.05) is 34.8 Å². The van der Waals surface area contributed by atoms with Crippen molar-refractivity contribution in [2.45, 2.75) is 57.7 Å². The molecule has 5 rings (SSSR count). The highest BCUT2D eigenvalue weighted by molar-refractivity contribution is 9.10. The highest BCUT2D eigenvalue weighted by Crippen LogP contribution is 2.44. The first kappa shape index (κ1) is 20.7. The molecule has 1 aliphatic carbocycles. The maximum Gasteiger partial charge on any atom is 0.170 e. The molecular formula is C25H27BrN4S. The normalized spacial score (nSPS) is 21.6. The number of aryl methyl sites for hydroxylation is 1. The van der Waals surface area contributed by atoms with Gasteiger partial charge in [-0.25, -0.2) is 0 Å². The average Bonchev–Trinajstić information content (AvgIpc) is 3.48. The lowest BCUT2D eigenvalue weighted by Crippen LogP contribution is -2.37. The third-order valence-electron chi connectivity index (χ3n) is 6.73. The summed E-state index contributed by atoms with van der Waals surface area (Å²) in [6, 6.07) is 17.7. The van der Waals surface area contributed by atoms with Crippen LogP contribution in [0.15, 0.2) is 59.2 Å². The number of halogens is 1. The molecular weight excluding hydrogens is 468 g/mol. The standard InChI is InChI=1S/C25H27BrN4S/c1-16-15-21(17(2)29(16)20-12-10-18(26)11-13-20)24-23(22-9-5-6-14-27-22)28-25(31)30(24)19-7-3-4-8-19/h5-6,9-15,19,23-24H,3-4,7-8H2,1-2H3,(H,28,31). The molecule has 1 saturated carbocycles. The van der Waals surface area contributed by atoms with Crippen molar-refractivity contribution in [3.8, 4) is 5.69 Å². The van der Waals surface area contributed by atoms with E-state index in [1.807, 2.05) is 12.3 Å². The molecule has 0 bridgehead atoms. The Hall–Kier alpha value is -2.18. The van der Waals surface area contributed by atoms with Crippen molar-refractivity contribution in [3.05, 3.63) is 81.8 Å². The molecule has 3 aromatic rings. The fraction of sp³-hybridized carbons (Fsp3) is 0.360. The molecule has 1 aromatic carbocycles. The first-order chi connectivity index (χ1) is 15.0. The molecule has 3 heterocycles. The lowest BCUT2D eigenvalue weighted by molar-refractivity contribution is 0.245. The Morgan fingerprint density at radius 1 is 1.06 bits per heavy atom. The summed E-state index contributed by atoms with van der Waals surface area (Å²) in [6.45, 7) is 4.42. The molecule has 0 spiro atoms. The van der Waals surface area contributed by atoms with Crippen LogP contribution in [0.3, 0.4) is 0 Å². The van der Waals surface area contributed by atoms with Crippen LogP contribution < -0.4 is 5.32 Å². The second kappa shape index (κ2) is 8.40. The summed E-state index contributed by atoms with van der Waals surface area (Å²) in [5.74, 6) is 0. The van der Waals surface area contributed by atoms with Crippen molar-refractivity contribution in [1.82, 2.24) is 19.8 Å². The number of benzene rings is 1. The van der Waals surface area contributed by atoms with Crippen molar-refractivity contribution >= 4 is 33.3 Å². The first-order valence-corrected chi connectivity index (χ1v) is 12.2. The average molecular weight is 495 g/mol. The van der Waals surface area contributed by atoms with E-state index in [2.05, 4.69) is 87.0 Å². The minimum atomic E-state index is 0.0492. The molecule has 2 aromatic heterocycles.